The van der Waals surface area contributed by atoms with Crippen molar-refractivity contribution >= 4 is 5.91 Å². The zero-order valence-corrected chi connectivity index (χ0v) is 14.9. The zero-order chi connectivity index (χ0) is 17.0. The molecular weight excluding hydrogens is 300 g/mol. The fourth-order valence-corrected chi connectivity index (χ4v) is 3.89. The maximum Gasteiger partial charge on any atom is 0.240 e. The summed E-state index contributed by atoms with van der Waals surface area (Å²) in [6.07, 6.45) is 6.10. The van der Waals surface area contributed by atoms with Crippen molar-refractivity contribution in [2.75, 3.05) is 19.6 Å². The van der Waals surface area contributed by atoms with Crippen LogP contribution in [0.15, 0.2) is 24.4 Å². The molecule has 1 aromatic heterocycles. The molecule has 5 heteroatoms. The molecule has 2 saturated heterocycles. The van der Waals surface area contributed by atoms with Gasteiger partial charge in [0.05, 0.1) is 11.2 Å². The summed E-state index contributed by atoms with van der Waals surface area (Å²) in [5, 5.41) is 6.73. The predicted octanol–water partition coefficient (Wildman–Crippen LogP) is 1.94. The minimum atomic E-state index is -0.386. The topological polar surface area (TPSA) is 57.3 Å². The number of carbonyl (C=O) groups excluding carboxylic acids is 1. The van der Waals surface area contributed by atoms with Crippen molar-refractivity contribution in [3.63, 3.8) is 0 Å². The molecule has 132 valence electrons. The number of hydrogen-bond acceptors (Lipinski definition) is 4. The maximum atomic E-state index is 12.7. The van der Waals surface area contributed by atoms with Crippen LogP contribution in [0.1, 0.15) is 45.2 Å². The third-order valence-electron chi connectivity index (χ3n) is 5.54. The first-order chi connectivity index (χ1) is 11.6. The van der Waals surface area contributed by atoms with Crippen molar-refractivity contribution in [2.24, 2.45) is 5.92 Å². The summed E-state index contributed by atoms with van der Waals surface area (Å²) in [5.41, 5.74) is 0.731. The highest BCUT2D eigenvalue weighted by Gasteiger charge is 2.37. The molecule has 3 atom stereocenters. The van der Waals surface area contributed by atoms with E-state index >= 15 is 0 Å². The van der Waals surface area contributed by atoms with Gasteiger partial charge in [-0.25, -0.2) is 0 Å². The Morgan fingerprint density at radius 2 is 2.33 bits per heavy atom. The zero-order valence-electron chi connectivity index (χ0n) is 14.9. The van der Waals surface area contributed by atoms with Gasteiger partial charge in [-0.3, -0.25) is 14.7 Å². The average Bonchev–Trinajstić information content (AvgIpc) is 2.59. The van der Waals surface area contributed by atoms with Crippen LogP contribution in [0.4, 0.5) is 0 Å². The normalized spacial score (nSPS) is 31.6. The van der Waals surface area contributed by atoms with E-state index in [1.165, 1.54) is 6.42 Å². The van der Waals surface area contributed by atoms with Gasteiger partial charge in [0.15, 0.2) is 0 Å². The summed E-state index contributed by atoms with van der Waals surface area (Å²) in [6.45, 7) is 8.14. The summed E-state index contributed by atoms with van der Waals surface area (Å²) in [6, 6.07) is 6.34. The molecule has 2 fully saturated rings. The number of carbonyl (C=O) groups is 1. The van der Waals surface area contributed by atoms with Gasteiger partial charge in [-0.15, -0.1) is 0 Å². The Morgan fingerprint density at radius 1 is 1.46 bits per heavy atom. The number of rotatable bonds is 4. The lowest BCUT2D eigenvalue weighted by Gasteiger charge is -2.40. The number of pyridine rings is 1. The van der Waals surface area contributed by atoms with Gasteiger partial charge < -0.3 is 10.6 Å². The van der Waals surface area contributed by atoms with E-state index in [-0.39, 0.29) is 17.5 Å². The van der Waals surface area contributed by atoms with E-state index in [0.717, 1.165) is 51.1 Å². The fourth-order valence-electron chi connectivity index (χ4n) is 3.89. The summed E-state index contributed by atoms with van der Waals surface area (Å²) < 4.78 is 0. The lowest BCUT2D eigenvalue weighted by atomic mass is 9.88. The van der Waals surface area contributed by atoms with E-state index in [2.05, 4.69) is 33.5 Å². The van der Waals surface area contributed by atoms with Crippen LogP contribution in [0.2, 0.25) is 0 Å². The standard InChI is InChI=1S/C19H30N4O/c1-15-13-23(14-16-7-3-5-10-20-16)12-8-17(15)22-18(24)19(2)9-4-6-11-21-19/h3,5,7,10,15,17,21H,4,6,8-9,11-14H2,1-2H3,(H,22,24). The molecule has 3 heterocycles. The van der Waals surface area contributed by atoms with Crippen LogP contribution >= 0.6 is 0 Å². The quantitative estimate of drug-likeness (QED) is 0.886. The number of aromatic nitrogens is 1. The number of nitrogens with one attached hydrogen (secondary N) is 2. The second-order valence-electron chi connectivity index (χ2n) is 7.62. The third kappa shape index (κ3) is 4.14. The monoisotopic (exact) mass is 330 g/mol. The Hall–Kier alpha value is -1.46. The molecule has 2 aliphatic heterocycles. The summed E-state index contributed by atoms with van der Waals surface area (Å²) >= 11 is 0. The van der Waals surface area contributed by atoms with Crippen LogP contribution in [0.5, 0.6) is 0 Å². The van der Waals surface area contributed by atoms with Crippen LogP contribution in [-0.4, -0.2) is 47.0 Å². The number of nitrogens with zero attached hydrogens (tertiary/aromatic N) is 2. The van der Waals surface area contributed by atoms with Crippen molar-refractivity contribution in [3.8, 4) is 0 Å². The summed E-state index contributed by atoms with van der Waals surface area (Å²) in [5.74, 6) is 0.635. The van der Waals surface area contributed by atoms with Gasteiger partial charge in [0.25, 0.3) is 0 Å². The molecule has 5 nitrogen and oxygen atoms in total. The van der Waals surface area contributed by atoms with Gasteiger partial charge in [-0.1, -0.05) is 13.0 Å². The lowest BCUT2D eigenvalue weighted by molar-refractivity contribution is -0.129. The van der Waals surface area contributed by atoms with Gasteiger partial charge in [0, 0.05) is 31.9 Å². The Kier molecular flexibility index (Phi) is 5.51. The molecule has 2 aliphatic rings. The van der Waals surface area contributed by atoms with Crippen LogP contribution in [0.25, 0.3) is 0 Å². The molecule has 0 aliphatic carbocycles. The Bertz CT molecular complexity index is 542. The number of likely N-dealkylation sites (tertiary alicyclic amines) is 1. The fraction of sp³-hybridized carbons (Fsp3) is 0.684. The van der Waals surface area contributed by atoms with Crippen LogP contribution in [0.3, 0.4) is 0 Å². The molecule has 0 bridgehead atoms. The van der Waals surface area contributed by atoms with Gasteiger partial charge in [-0.2, -0.15) is 0 Å². The number of piperidine rings is 2. The van der Waals surface area contributed by atoms with Crippen LogP contribution < -0.4 is 10.6 Å². The van der Waals surface area contributed by atoms with Gasteiger partial charge >= 0.3 is 0 Å². The lowest BCUT2D eigenvalue weighted by Crippen LogP contribution is -2.60. The largest absolute Gasteiger partial charge is 0.351 e. The minimum absolute atomic E-state index is 0.178. The SMILES string of the molecule is CC1CN(Cc2ccccn2)CCC1NC(=O)C1(C)CCCCN1. The Labute approximate surface area is 145 Å². The van der Waals surface area contributed by atoms with Crippen molar-refractivity contribution in [1.29, 1.82) is 0 Å². The molecule has 2 N–H and O–H groups in total. The van der Waals surface area contributed by atoms with Gasteiger partial charge in [-0.05, 0) is 57.2 Å². The van der Waals surface area contributed by atoms with Crippen LogP contribution in [0, 0.1) is 5.92 Å². The summed E-state index contributed by atoms with van der Waals surface area (Å²) in [4.78, 5) is 19.6. The highest BCUT2D eigenvalue weighted by molar-refractivity contribution is 5.86. The van der Waals surface area contributed by atoms with Crippen molar-refractivity contribution < 1.29 is 4.79 Å². The Morgan fingerprint density at radius 3 is 3.00 bits per heavy atom. The molecule has 1 amide bonds. The van der Waals surface area contributed by atoms with E-state index in [4.69, 9.17) is 0 Å². The molecule has 0 spiro atoms. The second kappa shape index (κ2) is 7.62. The van der Waals surface area contributed by atoms with E-state index in [9.17, 15) is 4.79 Å². The predicted molar refractivity (Wildman–Crippen MR) is 95.5 cm³/mol. The van der Waals surface area contributed by atoms with Gasteiger partial charge in [0.1, 0.15) is 0 Å². The molecule has 3 rings (SSSR count). The van der Waals surface area contributed by atoms with Crippen molar-refractivity contribution in [2.45, 2.75) is 57.7 Å². The van der Waals surface area contributed by atoms with Gasteiger partial charge in [0.2, 0.25) is 5.91 Å². The number of amides is 1. The average molecular weight is 330 g/mol. The molecule has 0 aromatic carbocycles. The maximum absolute atomic E-state index is 12.7. The van der Waals surface area contributed by atoms with Crippen molar-refractivity contribution in [1.82, 2.24) is 20.5 Å². The van der Waals surface area contributed by atoms with E-state index in [0.29, 0.717) is 5.92 Å². The molecular formula is C19H30N4O. The first-order valence-electron chi connectivity index (χ1n) is 9.25. The smallest absolute Gasteiger partial charge is 0.240 e. The Balaban J connectivity index is 1.51. The molecule has 24 heavy (non-hydrogen) atoms. The summed E-state index contributed by atoms with van der Waals surface area (Å²) in [7, 11) is 0. The highest BCUT2D eigenvalue weighted by Crippen LogP contribution is 2.22. The second-order valence-corrected chi connectivity index (χ2v) is 7.62. The third-order valence-corrected chi connectivity index (χ3v) is 5.54. The van der Waals surface area contributed by atoms with E-state index in [1.807, 2.05) is 25.3 Å². The van der Waals surface area contributed by atoms with Crippen LogP contribution in [-0.2, 0) is 11.3 Å². The number of hydrogen-bond donors (Lipinski definition) is 2. The minimum Gasteiger partial charge on any atom is -0.351 e. The van der Waals surface area contributed by atoms with E-state index in [1.54, 1.807) is 0 Å². The molecule has 1 aromatic rings. The first-order valence-corrected chi connectivity index (χ1v) is 9.25. The first kappa shape index (κ1) is 17.4. The molecule has 0 radical (unpaired) electrons. The highest BCUT2D eigenvalue weighted by atomic mass is 16.2. The molecule has 0 saturated carbocycles. The van der Waals surface area contributed by atoms with Crippen molar-refractivity contribution in [3.05, 3.63) is 30.1 Å². The molecule has 3 unspecified atom stereocenters. The van der Waals surface area contributed by atoms with E-state index < -0.39 is 0 Å².